The first-order valence-corrected chi connectivity index (χ1v) is 6.49. The van der Waals surface area contributed by atoms with Crippen LogP contribution >= 0.6 is 11.6 Å². The molecule has 19 heavy (non-hydrogen) atoms. The summed E-state index contributed by atoms with van der Waals surface area (Å²) in [5, 5.41) is 10.3. The van der Waals surface area contributed by atoms with Gasteiger partial charge >= 0.3 is 0 Å². The summed E-state index contributed by atoms with van der Waals surface area (Å²) in [5.74, 6) is -0.164. The van der Waals surface area contributed by atoms with Crippen LogP contribution in [0.15, 0.2) is 30.5 Å². The Morgan fingerprint density at radius 2 is 2.26 bits per heavy atom. The predicted molar refractivity (Wildman–Crippen MR) is 75.4 cm³/mol. The predicted octanol–water partition coefficient (Wildman–Crippen LogP) is 2.34. The molecule has 4 nitrogen and oxygen atoms in total. The van der Waals surface area contributed by atoms with Crippen LogP contribution < -0.4 is 0 Å². The van der Waals surface area contributed by atoms with E-state index in [2.05, 4.69) is 4.98 Å². The maximum atomic E-state index is 12.4. The van der Waals surface area contributed by atoms with E-state index >= 15 is 0 Å². The molecule has 2 rings (SSSR count). The lowest BCUT2D eigenvalue weighted by Gasteiger charge is -2.20. The minimum atomic E-state index is -0.164. The number of amides is 1. The molecule has 2 aromatic rings. The number of fused-ring (bicyclic) bond motifs is 1. The van der Waals surface area contributed by atoms with Gasteiger partial charge in [-0.05, 0) is 25.1 Å². The van der Waals surface area contributed by atoms with E-state index in [9.17, 15) is 4.79 Å². The van der Waals surface area contributed by atoms with Crippen molar-refractivity contribution in [1.82, 2.24) is 9.88 Å². The molecular formula is C14H15ClN2O2. The van der Waals surface area contributed by atoms with Gasteiger partial charge in [-0.25, -0.2) is 0 Å². The van der Waals surface area contributed by atoms with Crippen LogP contribution in [-0.4, -0.2) is 40.6 Å². The van der Waals surface area contributed by atoms with Gasteiger partial charge in [-0.2, -0.15) is 0 Å². The second-order valence-electron chi connectivity index (χ2n) is 4.14. The Morgan fingerprint density at radius 1 is 1.47 bits per heavy atom. The molecule has 0 unspecified atom stereocenters. The smallest absolute Gasteiger partial charge is 0.256 e. The van der Waals surface area contributed by atoms with Gasteiger partial charge in [0.1, 0.15) is 0 Å². The fraction of sp³-hybridized carbons (Fsp3) is 0.286. The van der Waals surface area contributed by atoms with Crippen molar-refractivity contribution >= 4 is 28.4 Å². The molecule has 0 fully saturated rings. The Labute approximate surface area is 116 Å². The molecule has 1 aromatic heterocycles. The van der Waals surface area contributed by atoms with E-state index in [4.69, 9.17) is 16.7 Å². The average Bonchev–Trinajstić information content (AvgIpc) is 2.43. The largest absolute Gasteiger partial charge is 0.395 e. The third-order valence-electron chi connectivity index (χ3n) is 2.94. The van der Waals surface area contributed by atoms with Crippen LogP contribution in [0.2, 0.25) is 5.02 Å². The van der Waals surface area contributed by atoms with E-state index in [1.165, 1.54) is 0 Å². The molecule has 1 aromatic carbocycles. The van der Waals surface area contributed by atoms with Crippen molar-refractivity contribution in [2.75, 3.05) is 19.7 Å². The molecule has 0 spiro atoms. The standard InChI is InChI=1S/C14H15ClN2O2/c1-2-17(6-7-18)14(19)12-9-11(15)8-10-4-3-5-16-13(10)12/h3-5,8-9,18H,2,6-7H2,1H3. The van der Waals surface area contributed by atoms with E-state index in [0.29, 0.717) is 29.2 Å². The van der Waals surface area contributed by atoms with Crippen LogP contribution in [0, 0.1) is 0 Å². The van der Waals surface area contributed by atoms with Gasteiger partial charge in [-0.15, -0.1) is 0 Å². The zero-order valence-electron chi connectivity index (χ0n) is 10.6. The number of rotatable bonds is 4. The van der Waals surface area contributed by atoms with Crippen molar-refractivity contribution < 1.29 is 9.90 Å². The maximum Gasteiger partial charge on any atom is 0.256 e. The van der Waals surface area contributed by atoms with Crippen LogP contribution in [0.25, 0.3) is 10.9 Å². The van der Waals surface area contributed by atoms with Crippen molar-refractivity contribution in [1.29, 1.82) is 0 Å². The van der Waals surface area contributed by atoms with Crippen molar-refractivity contribution in [2.45, 2.75) is 6.92 Å². The molecule has 0 aliphatic rings. The van der Waals surface area contributed by atoms with E-state index in [1.807, 2.05) is 13.0 Å². The maximum absolute atomic E-state index is 12.4. The topological polar surface area (TPSA) is 53.4 Å². The number of aliphatic hydroxyl groups excluding tert-OH is 1. The molecular weight excluding hydrogens is 264 g/mol. The molecule has 0 aliphatic carbocycles. The highest BCUT2D eigenvalue weighted by molar-refractivity contribution is 6.32. The number of likely N-dealkylation sites (N-methyl/N-ethyl adjacent to an activating group) is 1. The minimum absolute atomic E-state index is 0.0640. The normalized spacial score (nSPS) is 10.7. The van der Waals surface area contributed by atoms with E-state index < -0.39 is 0 Å². The number of aromatic nitrogens is 1. The van der Waals surface area contributed by atoms with Gasteiger partial charge in [0.15, 0.2) is 0 Å². The second-order valence-corrected chi connectivity index (χ2v) is 4.57. The zero-order valence-corrected chi connectivity index (χ0v) is 11.4. The quantitative estimate of drug-likeness (QED) is 0.934. The summed E-state index contributed by atoms with van der Waals surface area (Å²) in [5.41, 5.74) is 1.10. The van der Waals surface area contributed by atoms with Gasteiger partial charge in [-0.1, -0.05) is 17.7 Å². The summed E-state index contributed by atoms with van der Waals surface area (Å²) in [7, 11) is 0. The second kappa shape index (κ2) is 5.99. The Bertz CT molecular complexity index is 601. The van der Waals surface area contributed by atoms with Crippen LogP contribution in [-0.2, 0) is 0 Å². The van der Waals surface area contributed by atoms with Gasteiger partial charge in [0.25, 0.3) is 5.91 Å². The number of aliphatic hydroxyl groups is 1. The van der Waals surface area contributed by atoms with Gasteiger partial charge in [0, 0.05) is 29.7 Å². The fourth-order valence-electron chi connectivity index (χ4n) is 2.01. The summed E-state index contributed by atoms with van der Waals surface area (Å²) in [6, 6.07) is 7.08. The Hall–Kier alpha value is -1.65. The molecule has 0 bridgehead atoms. The van der Waals surface area contributed by atoms with E-state index in [-0.39, 0.29) is 12.5 Å². The van der Waals surface area contributed by atoms with Crippen molar-refractivity contribution in [3.63, 3.8) is 0 Å². The lowest BCUT2D eigenvalue weighted by Crippen LogP contribution is -2.33. The summed E-state index contributed by atoms with van der Waals surface area (Å²) in [4.78, 5) is 18.3. The van der Waals surface area contributed by atoms with Crippen LogP contribution in [0.5, 0.6) is 0 Å². The monoisotopic (exact) mass is 278 g/mol. The van der Waals surface area contributed by atoms with Gasteiger partial charge in [0.05, 0.1) is 17.7 Å². The molecule has 0 saturated carbocycles. The summed E-state index contributed by atoms with van der Waals surface area (Å²) >= 11 is 6.04. The number of carbonyl (C=O) groups excluding carboxylic acids is 1. The highest BCUT2D eigenvalue weighted by atomic mass is 35.5. The summed E-state index contributed by atoms with van der Waals surface area (Å²) in [6.45, 7) is 2.63. The van der Waals surface area contributed by atoms with Crippen molar-refractivity contribution in [3.8, 4) is 0 Å². The molecule has 100 valence electrons. The lowest BCUT2D eigenvalue weighted by atomic mass is 10.1. The number of nitrogens with zero attached hydrogens (tertiary/aromatic N) is 2. The van der Waals surface area contributed by atoms with Crippen LogP contribution in [0.3, 0.4) is 0 Å². The number of hydrogen-bond donors (Lipinski definition) is 1. The molecule has 1 heterocycles. The number of benzene rings is 1. The molecule has 1 amide bonds. The molecule has 0 saturated heterocycles. The lowest BCUT2D eigenvalue weighted by molar-refractivity contribution is 0.0734. The van der Waals surface area contributed by atoms with Gasteiger partial charge in [-0.3, -0.25) is 9.78 Å². The molecule has 5 heteroatoms. The average molecular weight is 279 g/mol. The Balaban J connectivity index is 2.52. The summed E-state index contributed by atoms with van der Waals surface area (Å²) < 4.78 is 0. The minimum Gasteiger partial charge on any atom is -0.395 e. The molecule has 0 atom stereocenters. The zero-order chi connectivity index (χ0) is 13.8. The Morgan fingerprint density at radius 3 is 2.95 bits per heavy atom. The van der Waals surface area contributed by atoms with E-state index in [0.717, 1.165) is 5.39 Å². The highest BCUT2D eigenvalue weighted by Crippen LogP contribution is 2.23. The van der Waals surface area contributed by atoms with Crippen molar-refractivity contribution in [3.05, 3.63) is 41.0 Å². The number of halogens is 1. The number of pyridine rings is 1. The molecule has 0 aliphatic heterocycles. The fourth-order valence-corrected chi connectivity index (χ4v) is 2.24. The van der Waals surface area contributed by atoms with Gasteiger partial charge < -0.3 is 10.0 Å². The van der Waals surface area contributed by atoms with Crippen LogP contribution in [0.1, 0.15) is 17.3 Å². The highest BCUT2D eigenvalue weighted by Gasteiger charge is 2.17. The first-order chi connectivity index (χ1) is 9.17. The number of hydrogen-bond acceptors (Lipinski definition) is 3. The third kappa shape index (κ3) is 2.85. The Kier molecular flexibility index (Phi) is 4.35. The first kappa shape index (κ1) is 13.8. The molecule has 1 N–H and O–H groups in total. The number of carbonyl (C=O) groups is 1. The van der Waals surface area contributed by atoms with E-state index in [1.54, 1.807) is 29.3 Å². The van der Waals surface area contributed by atoms with Crippen LogP contribution in [0.4, 0.5) is 0 Å². The van der Waals surface area contributed by atoms with Gasteiger partial charge in [0.2, 0.25) is 0 Å². The SMILES string of the molecule is CCN(CCO)C(=O)c1cc(Cl)cc2cccnc12. The molecule has 0 radical (unpaired) electrons. The van der Waals surface area contributed by atoms with Crippen molar-refractivity contribution in [2.24, 2.45) is 0 Å². The first-order valence-electron chi connectivity index (χ1n) is 6.11. The summed E-state index contributed by atoms with van der Waals surface area (Å²) in [6.07, 6.45) is 1.65. The third-order valence-corrected chi connectivity index (χ3v) is 3.16.